The van der Waals surface area contributed by atoms with Gasteiger partial charge in [-0.15, -0.1) is 0 Å². The Balaban J connectivity index is 2.60. The molecule has 0 unspecified atom stereocenters. The summed E-state index contributed by atoms with van der Waals surface area (Å²) in [4.78, 5) is 6.72. The molecule has 0 atom stereocenters. The highest BCUT2D eigenvalue weighted by Gasteiger charge is 2.17. The van der Waals surface area contributed by atoms with Crippen LogP contribution in [0.1, 0.15) is 20.3 Å². The van der Waals surface area contributed by atoms with E-state index in [0.29, 0.717) is 0 Å². The molecular formula is C12H20N2O. The predicted octanol–water partition coefficient (Wildman–Crippen LogP) is 1.61. The molecule has 1 aliphatic rings. The Bertz CT molecular complexity index is 292. The number of likely N-dealkylation sites (tertiary alicyclic amines) is 1. The van der Waals surface area contributed by atoms with Gasteiger partial charge in [-0.3, -0.25) is 9.89 Å². The second kappa shape index (κ2) is 5.83. The molecule has 0 radical (unpaired) electrons. The van der Waals surface area contributed by atoms with E-state index in [4.69, 9.17) is 5.11 Å². The van der Waals surface area contributed by atoms with Gasteiger partial charge in [-0.05, 0) is 19.4 Å². The van der Waals surface area contributed by atoms with Crippen LogP contribution < -0.4 is 0 Å². The first-order valence-corrected chi connectivity index (χ1v) is 5.39. The summed E-state index contributed by atoms with van der Waals surface area (Å²) in [6.07, 6.45) is 2.93. The predicted molar refractivity (Wildman–Crippen MR) is 64.1 cm³/mol. The zero-order valence-corrected chi connectivity index (χ0v) is 9.66. The summed E-state index contributed by atoms with van der Waals surface area (Å²) in [5.41, 5.74) is 3.23. The molecule has 1 rings (SSSR count). The first kappa shape index (κ1) is 12.1. The van der Waals surface area contributed by atoms with Crippen LogP contribution in [0, 0.1) is 0 Å². The van der Waals surface area contributed by atoms with E-state index in [-0.39, 0.29) is 6.61 Å². The van der Waals surface area contributed by atoms with Gasteiger partial charge in [0.2, 0.25) is 0 Å². The molecule has 1 saturated heterocycles. The Morgan fingerprint density at radius 3 is 2.93 bits per heavy atom. The molecule has 0 bridgehead atoms. The number of piperidine rings is 1. The van der Waals surface area contributed by atoms with Crippen LogP contribution in [0.3, 0.4) is 0 Å². The standard InChI is InChI=1S/C12H20N2O/c1-4-11(3)13-12-5-6-14(7-8-15)9-10(12)2/h4,15H,2,5-9H2,1,3H3/b11-4-,13-12?. The zero-order valence-electron chi connectivity index (χ0n) is 9.66. The van der Waals surface area contributed by atoms with E-state index in [1.165, 1.54) is 0 Å². The first-order valence-electron chi connectivity index (χ1n) is 5.39. The molecule has 1 N–H and O–H groups in total. The molecule has 3 heteroatoms. The summed E-state index contributed by atoms with van der Waals surface area (Å²) >= 11 is 0. The minimum atomic E-state index is 0.216. The Kier molecular flexibility index (Phi) is 4.72. The summed E-state index contributed by atoms with van der Waals surface area (Å²) in [6.45, 7) is 10.8. The molecule has 0 aliphatic carbocycles. The van der Waals surface area contributed by atoms with Crippen LogP contribution in [0.5, 0.6) is 0 Å². The van der Waals surface area contributed by atoms with Gasteiger partial charge in [0.25, 0.3) is 0 Å². The van der Waals surface area contributed by atoms with E-state index >= 15 is 0 Å². The Morgan fingerprint density at radius 1 is 1.67 bits per heavy atom. The molecule has 0 saturated carbocycles. The molecule has 1 heterocycles. The highest BCUT2D eigenvalue weighted by atomic mass is 16.3. The number of hydrogen-bond donors (Lipinski definition) is 1. The van der Waals surface area contributed by atoms with Crippen molar-refractivity contribution in [3.63, 3.8) is 0 Å². The van der Waals surface area contributed by atoms with Crippen molar-refractivity contribution < 1.29 is 5.11 Å². The molecule has 84 valence electrons. The summed E-state index contributed by atoms with van der Waals surface area (Å²) in [6, 6.07) is 0. The third-order valence-electron chi connectivity index (χ3n) is 2.63. The van der Waals surface area contributed by atoms with Gasteiger partial charge in [0.15, 0.2) is 0 Å². The topological polar surface area (TPSA) is 35.8 Å². The monoisotopic (exact) mass is 208 g/mol. The molecule has 0 amide bonds. The van der Waals surface area contributed by atoms with Crippen molar-refractivity contribution in [3.8, 4) is 0 Å². The SMILES string of the molecule is C=C1CN(CCO)CCC1=N/C(C)=C\C. The molecular weight excluding hydrogens is 188 g/mol. The number of β-amino-alcohol motifs (C(OH)–C–C–N with tert-alkyl or cyclic N) is 1. The van der Waals surface area contributed by atoms with E-state index in [9.17, 15) is 0 Å². The number of aliphatic imine (C=N–C) groups is 1. The molecule has 3 nitrogen and oxygen atoms in total. The van der Waals surface area contributed by atoms with Crippen molar-refractivity contribution in [2.75, 3.05) is 26.2 Å². The second-order valence-electron chi connectivity index (χ2n) is 3.84. The van der Waals surface area contributed by atoms with Crippen molar-refractivity contribution in [3.05, 3.63) is 23.9 Å². The van der Waals surface area contributed by atoms with Crippen molar-refractivity contribution in [1.29, 1.82) is 0 Å². The zero-order chi connectivity index (χ0) is 11.3. The number of allylic oxidation sites excluding steroid dienone is 2. The second-order valence-corrected chi connectivity index (χ2v) is 3.84. The minimum absolute atomic E-state index is 0.216. The maximum absolute atomic E-state index is 8.84. The fourth-order valence-electron chi connectivity index (χ4n) is 1.63. The normalized spacial score (nSPS) is 22.5. The fourth-order valence-corrected chi connectivity index (χ4v) is 1.63. The number of aliphatic hydroxyl groups is 1. The van der Waals surface area contributed by atoms with E-state index in [2.05, 4.69) is 16.5 Å². The third kappa shape index (κ3) is 3.61. The third-order valence-corrected chi connectivity index (χ3v) is 2.63. The van der Waals surface area contributed by atoms with Crippen molar-refractivity contribution in [1.82, 2.24) is 4.90 Å². The lowest BCUT2D eigenvalue weighted by molar-refractivity contribution is 0.206. The maximum atomic E-state index is 8.84. The fraction of sp³-hybridized carbons (Fsp3) is 0.583. The molecule has 0 aromatic heterocycles. The van der Waals surface area contributed by atoms with Crippen molar-refractivity contribution in [2.45, 2.75) is 20.3 Å². The lowest BCUT2D eigenvalue weighted by Gasteiger charge is -2.28. The highest BCUT2D eigenvalue weighted by Crippen LogP contribution is 2.13. The molecule has 0 aromatic carbocycles. The van der Waals surface area contributed by atoms with Crippen LogP contribution in [0.2, 0.25) is 0 Å². The summed E-state index contributed by atoms with van der Waals surface area (Å²) in [5, 5.41) is 8.84. The van der Waals surface area contributed by atoms with Crippen LogP contribution in [0.15, 0.2) is 28.9 Å². The van der Waals surface area contributed by atoms with Gasteiger partial charge in [0.05, 0.1) is 6.61 Å². The quantitative estimate of drug-likeness (QED) is 0.764. The van der Waals surface area contributed by atoms with E-state index in [1.807, 2.05) is 19.9 Å². The maximum Gasteiger partial charge on any atom is 0.0558 e. The average molecular weight is 208 g/mol. The molecule has 15 heavy (non-hydrogen) atoms. The number of hydrogen-bond acceptors (Lipinski definition) is 3. The van der Waals surface area contributed by atoms with E-state index in [0.717, 1.165) is 43.0 Å². The van der Waals surface area contributed by atoms with Gasteiger partial charge < -0.3 is 5.11 Å². The van der Waals surface area contributed by atoms with E-state index < -0.39 is 0 Å². The minimum Gasteiger partial charge on any atom is -0.395 e. The van der Waals surface area contributed by atoms with Gasteiger partial charge in [-0.2, -0.15) is 0 Å². The smallest absolute Gasteiger partial charge is 0.0558 e. The van der Waals surface area contributed by atoms with Gasteiger partial charge in [0.1, 0.15) is 0 Å². The Hall–Kier alpha value is -0.930. The van der Waals surface area contributed by atoms with Crippen LogP contribution in [0.25, 0.3) is 0 Å². The molecule has 0 spiro atoms. The summed E-state index contributed by atoms with van der Waals surface area (Å²) in [5.74, 6) is 0. The van der Waals surface area contributed by atoms with Crippen molar-refractivity contribution >= 4 is 5.71 Å². The Labute approximate surface area is 91.8 Å². The molecule has 1 aliphatic heterocycles. The van der Waals surface area contributed by atoms with Gasteiger partial charge in [-0.1, -0.05) is 12.7 Å². The number of aliphatic hydroxyl groups excluding tert-OH is 1. The van der Waals surface area contributed by atoms with Crippen LogP contribution >= 0.6 is 0 Å². The van der Waals surface area contributed by atoms with E-state index in [1.54, 1.807) is 0 Å². The first-order chi connectivity index (χ1) is 7.17. The lowest BCUT2D eigenvalue weighted by atomic mass is 10.0. The highest BCUT2D eigenvalue weighted by molar-refractivity contribution is 6.01. The average Bonchev–Trinajstić information content (AvgIpc) is 2.22. The van der Waals surface area contributed by atoms with Gasteiger partial charge >= 0.3 is 0 Å². The number of rotatable bonds is 3. The van der Waals surface area contributed by atoms with Crippen LogP contribution in [0.4, 0.5) is 0 Å². The Morgan fingerprint density at radius 2 is 2.40 bits per heavy atom. The van der Waals surface area contributed by atoms with Gasteiger partial charge in [0, 0.05) is 37.5 Å². The van der Waals surface area contributed by atoms with Crippen LogP contribution in [-0.2, 0) is 0 Å². The van der Waals surface area contributed by atoms with Gasteiger partial charge in [-0.25, -0.2) is 0 Å². The summed E-state index contributed by atoms with van der Waals surface area (Å²) in [7, 11) is 0. The van der Waals surface area contributed by atoms with Crippen molar-refractivity contribution in [2.24, 2.45) is 4.99 Å². The molecule has 0 aromatic rings. The lowest BCUT2D eigenvalue weighted by Crippen LogP contribution is -2.37. The number of nitrogens with zero attached hydrogens (tertiary/aromatic N) is 2. The summed E-state index contributed by atoms with van der Waals surface area (Å²) < 4.78 is 0. The molecule has 1 fully saturated rings. The van der Waals surface area contributed by atoms with Crippen LogP contribution in [-0.4, -0.2) is 42.0 Å². The largest absolute Gasteiger partial charge is 0.395 e.